The molecule has 1 aromatic carbocycles. The van der Waals surface area contributed by atoms with E-state index < -0.39 is 22.5 Å². The minimum absolute atomic E-state index is 0.103. The molecule has 2 rings (SSSR count). The first-order chi connectivity index (χ1) is 12.1. The fourth-order valence-corrected chi connectivity index (χ4v) is 3.54. The fraction of sp³-hybridized carbons (Fsp3) is 0.200. The second-order valence-corrected chi connectivity index (χ2v) is 8.82. The summed E-state index contributed by atoms with van der Waals surface area (Å²) in [6.45, 7) is 1.25. The van der Waals surface area contributed by atoms with Crippen LogP contribution in [0.1, 0.15) is 11.5 Å². The Morgan fingerprint density at radius 3 is 2.65 bits per heavy atom. The monoisotopic (exact) mass is 481 g/mol. The molecule has 0 aliphatic heterocycles. The number of rotatable bonds is 6. The van der Waals surface area contributed by atoms with Gasteiger partial charge in [0.2, 0.25) is 10.0 Å². The molecule has 0 radical (unpaired) electrons. The van der Waals surface area contributed by atoms with Crippen molar-refractivity contribution < 1.29 is 17.6 Å². The van der Waals surface area contributed by atoms with Crippen LogP contribution in [0.3, 0.4) is 0 Å². The zero-order valence-electron chi connectivity index (χ0n) is 13.7. The van der Waals surface area contributed by atoms with Crippen LogP contribution in [0.15, 0.2) is 38.3 Å². The summed E-state index contributed by atoms with van der Waals surface area (Å²) < 4.78 is 31.1. The summed E-state index contributed by atoms with van der Waals surface area (Å²) in [5.74, 6) is 0.425. The molecule has 0 unspecified atom stereocenters. The van der Waals surface area contributed by atoms with Gasteiger partial charge in [-0.1, -0.05) is 23.2 Å². The highest BCUT2D eigenvalue weighted by Crippen LogP contribution is 2.30. The number of hydrogen-bond acceptors (Lipinski definition) is 5. The molecule has 0 aliphatic carbocycles. The molecule has 140 valence electrons. The van der Waals surface area contributed by atoms with Crippen LogP contribution in [-0.2, 0) is 14.8 Å². The molecule has 1 amide bonds. The van der Waals surface area contributed by atoms with E-state index in [0.29, 0.717) is 11.5 Å². The Bertz CT molecular complexity index is 940. The number of sulfonamides is 1. The van der Waals surface area contributed by atoms with Crippen molar-refractivity contribution in [3.63, 3.8) is 0 Å². The number of furan rings is 1. The van der Waals surface area contributed by atoms with Crippen molar-refractivity contribution in [2.75, 3.05) is 17.1 Å². The van der Waals surface area contributed by atoms with Gasteiger partial charge < -0.3 is 4.42 Å². The maximum Gasteiger partial charge on any atom is 0.260 e. The lowest BCUT2D eigenvalue weighted by Crippen LogP contribution is -2.39. The third-order valence-electron chi connectivity index (χ3n) is 3.12. The van der Waals surface area contributed by atoms with E-state index in [0.717, 1.165) is 15.0 Å². The molecule has 0 fully saturated rings. The molecule has 1 heterocycles. The third-order valence-corrected chi connectivity index (χ3v) is 5.59. The van der Waals surface area contributed by atoms with Crippen LogP contribution in [-0.4, -0.2) is 33.3 Å². The van der Waals surface area contributed by atoms with E-state index in [2.05, 4.69) is 26.5 Å². The van der Waals surface area contributed by atoms with E-state index in [1.165, 1.54) is 24.4 Å². The van der Waals surface area contributed by atoms with Gasteiger partial charge in [-0.15, -0.1) is 0 Å². The van der Waals surface area contributed by atoms with E-state index in [4.69, 9.17) is 27.6 Å². The summed E-state index contributed by atoms with van der Waals surface area (Å²) in [4.78, 5) is 12.1. The molecule has 11 heteroatoms. The Morgan fingerprint density at radius 2 is 2.08 bits per heavy atom. The lowest BCUT2D eigenvalue weighted by Gasteiger charge is -2.22. The first-order valence-electron chi connectivity index (χ1n) is 7.08. The van der Waals surface area contributed by atoms with Crippen LogP contribution in [0.5, 0.6) is 0 Å². The first-order valence-corrected chi connectivity index (χ1v) is 10.5. The number of benzene rings is 1. The van der Waals surface area contributed by atoms with Gasteiger partial charge in [-0.05, 0) is 41.1 Å². The minimum Gasteiger partial charge on any atom is -0.459 e. The molecule has 2 aromatic rings. The quantitative estimate of drug-likeness (QED) is 0.503. The zero-order chi connectivity index (χ0) is 19.5. The smallest absolute Gasteiger partial charge is 0.260 e. The largest absolute Gasteiger partial charge is 0.459 e. The molecule has 0 saturated heterocycles. The fourth-order valence-electron chi connectivity index (χ4n) is 1.94. The predicted molar refractivity (Wildman–Crippen MR) is 106 cm³/mol. The highest BCUT2D eigenvalue weighted by atomic mass is 79.9. The summed E-state index contributed by atoms with van der Waals surface area (Å²) in [6, 6.07) is 6.01. The van der Waals surface area contributed by atoms with Gasteiger partial charge in [0.1, 0.15) is 18.1 Å². The molecule has 1 aromatic heterocycles. The van der Waals surface area contributed by atoms with E-state index in [9.17, 15) is 13.2 Å². The summed E-state index contributed by atoms with van der Waals surface area (Å²) in [5.41, 5.74) is 2.34. The van der Waals surface area contributed by atoms with Crippen molar-refractivity contribution >= 4 is 67.0 Å². The normalized spacial score (nSPS) is 11.7. The van der Waals surface area contributed by atoms with E-state index >= 15 is 0 Å². The van der Waals surface area contributed by atoms with Gasteiger partial charge >= 0.3 is 0 Å². The average Bonchev–Trinajstić information content (AvgIpc) is 2.85. The molecule has 1 N–H and O–H groups in total. The summed E-state index contributed by atoms with van der Waals surface area (Å²) >= 11 is 15.2. The predicted octanol–water partition coefficient (Wildman–Crippen LogP) is 3.57. The summed E-state index contributed by atoms with van der Waals surface area (Å²) in [5, 5.41) is 4.18. The molecule has 0 spiro atoms. The number of amides is 1. The molecule has 26 heavy (non-hydrogen) atoms. The number of nitrogens with one attached hydrogen (secondary N) is 1. The molecule has 7 nitrogen and oxygen atoms in total. The number of anilines is 1. The molecule has 0 atom stereocenters. The summed E-state index contributed by atoms with van der Waals surface area (Å²) in [7, 11) is -3.78. The lowest BCUT2D eigenvalue weighted by molar-refractivity contribution is -0.119. The average molecular weight is 483 g/mol. The Balaban J connectivity index is 2.13. The van der Waals surface area contributed by atoms with Crippen LogP contribution in [0.4, 0.5) is 5.69 Å². The van der Waals surface area contributed by atoms with Crippen LogP contribution in [0, 0.1) is 6.92 Å². The molecule has 0 bridgehead atoms. The standard InChI is InChI=1S/C15H14BrCl2N3O4S/c1-9-12(16)6-11(25-9)7-19-20-15(22)8-21(26(2,23)24)14-5-10(17)3-4-13(14)18/h3-7H,8H2,1-2H3,(H,20,22)/b19-7-. The Labute approximate surface area is 169 Å². The second-order valence-electron chi connectivity index (χ2n) is 5.21. The van der Waals surface area contributed by atoms with E-state index in [1.807, 2.05) is 0 Å². The van der Waals surface area contributed by atoms with Gasteiger partial charge in [0.05, 0.1) is 27.7 Å². The number of halogens is 3. The van der Waals surface area contributed by atoms with Crippen molar-refractivity contribution in [3.05, 3.63) is 50.3 Å². The maximum atomic E-state index is 12.1. The van der Waals surface area contributed by atoms with Crippen LogP contribution in [0.2, 0.25) is 10.0 Å². The highest BCUT2D eigenvalue weighted by molar-refractivity contribution is 9.10. The Morgan fingerprint density at radius 1 is 1.38 bits per heavy atom. The van der Waals surface area contributed by atoms with Crippen molar-refractivity contribution in [3.8, 4) is 0 Å². The SMILES string of the molecule is Cc1oc(/C=N\NC(=O)CN(c2cc(Cl)ccc2Cl)S(C)(=O)=O)cc1Br. The number of hydrazone groups is 1. The number of carbonyl (C=O) groups is 1. The highest BCUT2D eigenvalue weighted by Gasteiger charge is 2.23. The third kappa shape index (κ3) is 5.47. The minimum atomic E-state index is -3.78. The van der Waals surface area contributed by atoms with Gasteiger partial charge in [0.25, 0.3) is 5.91 Å². The molecular weight excluding hydrogens is 469 g/mol. The van der Waals surface area contributed by atoms with Crippen molar-refractivity contribution in [1.29, 1.82) is 0 Å². The molecule has 0 aliphatic rings. The van der Waals surface area contributed by atoms with Crippen LogP contribution >= 0.6 is 39.1 Å². The Hall–Kier alpha value is -1.55. The van der Waals surface area contributed by atoms with E-state index in [-0.39, 0.29) is 15.7 Å². The zero-order valence-corrected chi connectivity index (χ0v) is 17.6. The van der Waals surface area contributed by atoms with E-state index in [1.54, 1.807) is 13.0 Å². The number of carbonyl (C=O) groups excluding carboxylic acids is 1. The molecule has 0 saturated carbocycles. The van der Waals surface area contributed by atoms with Crippen LogP contribution < -0.4 is 9.73 Å². The van der Waals surface area contributed by atoms with Crippen molar-refractivity contribution in [2.45, 2.75) is 6.92 Å². The van der Waals surface area contributed by atoms with Gasteiger partial charge in [-0.25, -0.2) is 13.8 Å². The maximum absolute atomic E-state index is 12.1. The van der Waals surface area contributed by atoms with Gasteiger partial charge in [-0.3, -0.25) is 9.10 Å². The van der Waals surface area contributed by atoms with Gasteiger partial charge in [0, 0.05) is 11.1 Å². The number of aryl methyl sites for hydroxylation is 1. The van der Waals surface area contributed by atoms with Crippen molar-refractivity contribution in [2.24, 2.45) is 5.10 Å². The summed E-state index contributed by atoms with van der Waals surface area (Å²) in [6.07, 6.45) is 2.26. The Kier molecular flexibility index (Phi) is 6.73. The van der Waals surface area contributed by atoms with Crippen molar-refractivity contribution in [1.82, 2.24) is 5.43 Å². The second kappa shape index (κ2) is 8.43. The molecular formula is C15H14BrCl2N3O4S. The number of nitrogens with zero attached hydrogens (tertiary/aromatic N) is 2. The lowest BCUT2D eigenvalue weighted by atomic mass is 10.3. The first kappa shape index (κ1) is 20.8. The topological polar surface area (TPSA) is 92.0 Å². The number of hydrogen-bond donors (Lipinski definition) is 1. The van der Waals surface area contributed by atoms with Gasteiger partial charge in [0.15, 0.2) is 0 Å². The van der Waals surface area contributed by atoms with Gasteiger partial charge in [-0.2, -0.15) is 5.10 Å². The van der Waals surface area contributed by atoms with Crippen LogP contribution in [0.25, 0.3) is 0 Å².